The second-order valence-corrected chi connectivity index (χ2v) is 8.19. The van der Waals surface area contributed by atoms with Crippen molar-refractivity contribution in [3.05, 3.63) is 71.9 Å². The number of ether oxygens (including phenoxy) is 1. The molecule has 1 amide bonds. The first-order valence-electron chi connectivity index (χ1n) is 11.0. The van der Waals surface area contributed by atoms with Crippen LogP contribution in [-0.4, -0.2) is 48.5 Å². The van der Waals surface area contributed by atoms with Crippen LogP contribution in [0.25, 0.3) is 17.1 Å². The van der Waals surface area contributed by atoms with Gasteiger partial charge >= 0.3 is 5.97 Å². The number of hydrogen-bond acceptors (Lipinski definition) is 7. The molecule has 1 fully saturated rings. The molecule has 5 rings (SSSR count). The van der Waals surface area contributed by atoms with Gasteiger partial charge in [0.2, 0.25) is 5.82 Å². The summed E-state index contributed by atoms with van der Waals surface area (Å²) < 4.78 is 6.81. The number of para-hydroxylation sites is 1. The van der Waals surface area contributed by atoms with Crippen LogP contribution < -0.4 is 5.32 Å². The van der Waals surface area contributed by atoms with Crippen molar-refractivity contribution in [2.75, 3.05) is 11.9 Å². The van der Waals surface area contributed by atoms with Crippen LogP contribution in [0, 0.1) is 6.92 Å². The predicted octanol–water partition coefficient (Wildman–Crippen LogP) is 2.89. The Morgan fingerprint density at radius 1 is 1.06 bits per heavy atom. The van der Waals surface area contributed by atoms with E-state index in [1.807, 2.05) is 67.6 Å². The third-order valence-electron chi connectivity index (χ3n) is 5.39. The van der Waals surface area contributed by atoms with E-state index in [0.717, 1.165) is 40.1 Å². The number of amides is 1. The van der Waals surface area contributed by atoms with Crippen molar-refractivity contribution in [2.45, 2.75) is 32.2 Å². The zero-order valence-corrected chi connectivity index (χ0v) is 18.6. The number of carbonyl (C=O) groups excluding carboxylic acids is 2. The minimum absolute atomic E-state index is 0.250. The van der Waals surface area contributed by atoms with Crippen LogP contribution >= 0.6 is 0 Å². The predicted molar refractivity (Wildman–Crippen MR) is 123 cm³/mol. The first-order chi connectivity index (χ1) is 16.5. The Labute approximate surface area is 195 Å². The molecule has 1 aliphatic carbocycles. The molecule has 2 heterocycles. The zero-order chi connectivity index (χ0) is 23.5. The van der Waals surface area contributed by atoms with E-state index in [1.54, 1.807) is 4.68 Å². The van der Waals surface area contributed by atoms with Crippen molar-refractivity contribution in [1.82, 2.24) is 30.0 Å². The number of aryl methyl sites for hydroxylation is 1. The maximum absolute atomic E-state index is 12.5. The number of aromatic nitrogens is 6. The molecule has 0 spiro atoms. The summed E-state index contributed by atoms with van der Waals surface area (Å²) in [6, 6.07) is 19.1. The number of anilines is 1. The molecule has 4 aromatic rings. The molecule has 0 unspecified atom stereocenters. The molecule has 0 bridgehead atoms. The summed E-state index contributed by atoms with van der Waals surface area (Å²) in [5.41, 5.74) is 3.69. The molecule has 172 valence electrons. The van der Waals surface area contributed by atoms with Gasteiger partial charge in [-0.15, -0.1) is 10.2 Å². The SMILES string of the molecule is Cc1ccc(-c2nnn(CC(=O)OCC(=O)Nc3cc(C4CC4)nn3-c3ccccc3)n2)cc1. The van der Waals surface area contributed by atoms with Gasteiger partial charge in [0.25, 0.3) is 5.91 Å². The fraction of sp³-hybridized carbons (Fsp3) is 0.250. The Hall–Kier alpha value is -4.34. The van der Waals surface area contributed by atoms with Gasteiger partial charge in [-0.05, 0) is 37.1 Å². The maximum atomic E-state index is 12.5. The molecule has 0 aliphatic heterocycles. The topological polar surface area (TPSA) is 117 Å². The van der Waals surface area contributed by atoms with E-state index in [0.29, 0.717) is 17.6 Å². The monoisotopic (exact) mass is 457 g/mol. The van der Waals surface area contributed by atoms with Crippen LogP contribution in [0.4, 0.5) is 5.82 Å². The van der Waals surface area contributed by atoms with Crippen LogP contribution in [0.3, 0.4) is 0 Å². The summed E-state index contributed by atoms with van der Waals surface area (Å²) in [5, 5.41) is 19.5. The second kappa shape index (κ2) is 9.26. The van der Waals surface area contributed by atoms with Crippen molar-refractivity contribution in [1.29, 1.82) is 0 Å². The highest BCUT2D eigenvalue weighted by molar-refractivity contribution is 5.92. The Kier molecular flexibility index (Phi) is 5.86. The molecule has 1 aliphatic rings. The number of tetrazole rings is 1. The minimum atomic E-state index is -0.641. The smallest absolute Gasteiger partial charge is 0.330 e. The first kappa shape index (κ1) is 21.5. The van der Waals surface area contributed by atoms with Crippen molar-refractivity contribution in [3.8, 4) is 17.1 Å². The van der Waals surface area contributed by atoms with Gasteiger partial charge in [0.1, 0.15) is 5.82 Å². The molecule has 10 nitrogen and oxygen atoms in total. The number of nitrogens with zero attached hydrogens (tertiary/aromatic N) is 6. The van der Waals surface area contributed by atoms with E-state index in [1.165, 1.54) is 0 Å². The molecule has 1 N–H and O–H groups in total. The fourth-order valence-electron chi connectivity index (χ4n) is 3.45. The lowest BCUT2D eigenvalue weighted by molar-refractivity contribution is -0.148. The van der Waals surface area contributed by atoms with Crippen molar-refractivity contribution >= 4 is 17.7 Å². The summed E-state index contributed by atoms with van der Waals surface area (Å²) in [7, 11) is 0. The normalized spacial score (nSPS) is 13.0. The number of hydrogen-bond donors (Lipinski definition) is 1. The Balaban J connectivity index is 1.18. The standard InChI is InChI=1S/C24H23N7O3/c1-16-7-9-18(10-8-16)24-26-29-30(28-24)14-23(33)34-15-22(32)25-21-13-20(17-11-12-17)27-31(21)19-5-3-2-4-6-19/h2-10,13,17H,11-12,14-15H2,1H3,(H,25,32). The van der Waals surface area contributed by atoms with E-state index in [-0.39, 0.29) is 6.54 Å². The summed E-state index contributed by atoms with van der Waals surface area (Å²) in [4.78, 5) is 25.8. The van der Waals surface area contributed by atoms with Gasteiger partial charge in [-0.3, -0.25) is 4.79 Å². The lowest BCUT2D eigenvalue weighted by Crippen LogP contribution is -2.24. The molecule has 34 heavy (non-hydrogen) atoms. The molecule has 0 saturated heterocycles. The molecular formula is C24H23N7O3. The maximum Gasteiger partial charge on any atom is 0.330 e. The third kappa shape index (κ3) is 5.01. The Bertz CT molecular complexity index is 1310. The Morgan fingerprint density at radius 3 is 2.56 bits per heavy atom. The van der Waals surface area contributed by atoms with Gasteiger partial charge in [0, 0.05) is 17.5 Å². The highest BCUT2D eigenvalue weighted by Gasteiger charge is 2.28. The molecule has 1 saturated carbocycles. The first-order valence-corrected chi connectivity index (χ1v) is 11.0. The number of carbonyl (C=O) groups is 2. The lowest BCUT2D eigenvalue weighted by Gasteiger charge is -2.09. The average Bonchev–Trinajstić information content (AvgIpc) is 3.46. The summed E-state index contributed by atoms with van der Waals surface area (Å²) >= 11 is 0. The fourth-order valence-corrected chi connectivity index (χ4v) is 3.45. The van der Waals surface area contributed by atoms with Gasteiger partial charge < -0.3 is 10.1 Å². The second-order valence-electron chi connectivity index (χ2n) is 8.19. The van der Waals surface area contributed by atoms with Gasteiger partial charge in [-0.2, -0.15) is 9.90 Å². The van der Waals surface area contributed by atoms with Crippen LogP contribution in [-0.2, 0) is 20.9 Å². The van der Waals surface area contributed by atoms with E-state index < -0.39 is 18.5 Å². The highest BCUT2D eigenvalue weighted by atomic mass is 16.5. The van der Waals surface area contributed by atoms with Crippen LogP contribution in [0.1, 0.15) is 30.0 Å². The average molecular weight is 457 g/mol. The van der Waals surface area contributed by atoms with Gasteiger partial charge in [-0.1, -0.05) is 48.0 Å². The van der Waals surface area contributed by atoms with Gasteiger partial charge in [0.15, 0.2) is 13.2 Å². The van der Waals surface area contributed by atoms with E-state index >= 15 is 0 Å². The summed E-state index contributed by atoms with van der Waals surface area (Å²) in [5.74, 6) is 0.275. The van der Waals surface area contributed by atoms with Crippen LogP contribution in [0.15, 0.2) is 60.7 Å². The Morgan fingerprint density at radius 2 is 1.82 bits per heavy atom. The molecule has 0 radical (unpaired) electrons. The number of benzene rings is 2. The van der Waals surface area contributed by atoms with Gasteiger partial charge in [-0.25, -0.2) is 9.48 Å². The largest absolute Gasteiger partial charge is 0.454 e. The van der Waals surface area contributed by atoms with Crippen molar-refractivity contribution in [2.24, 2.45) is 0 Å². The van der Waals surface area contributed by atoms with E-state index in [2.05, 4.69) is 25.8 Å². The molecule has 2 aromatic heterocycles. The summed E-state index contributed by atoms with van der Waals surface area (Å²) in [6.45, 7) is 1.30. The van der Waals surface area contributed by atoms with E-state index in [4.69, 9.17) is 4.74 Å². The number of nitrogens with one attached hydrogen (secondary N) is 1. The number of esters is 1. The van der Waals surface area contributed by atoms with Crippen LogP contribution in [0.2, 0.25) is 0 Å². The zero-order valence-electron chi connectivity index (χ0n) is 18.6. The molecule has 10 heteroatoms. The minimum Gasteiger partial charge on any atom is -0.454 e. The van der Waals surface area contributed by atoms with E-state index in [9.17, 15) is 9.59 Å². The molecular weight excluding hydrogens is 434 g/mol. The third-order valence-corrected chi connectivity index (χ3v) is 5.39. The summed E-state index contributed by atoms with van der Waals surface area (Å²) in [6.07, 6.45) is 2.19. The van der Waals surface area contributed by atoms with Crippen molar-refractivity contribution in [3.63, 3.8) is 0 Å². The van der Waals surface area contributed by atoms with Crippen LogP contribution in [0.5, 0.6) is 0 Å². The highest BCUT2D eigenvalue weighted by Crippen LogP contribution is 2.40. The van der Waals surface area contributed by atoms with Crippen molar-refractivity contribution < 1.29 is 14.3 Å². The molecule has 0 atom stereocenters. The number of rotatable bonds is 8. The van der Waals surface area contributed by atoms with Gasteiger partial charge in [0.05, 0.1) is 11.4 Å². The lowest BCUT2D eigenvalue weighted by atomic mass is 10.1. The molecule has 2 aromatic carbocycles. The quantitative estimate of drug-likeness (QED) is 0.404.